The molecule has 2 aliphatic rings. The number of aliphatic hydroxyl groups excluding tert-OH is 2. The highest BCUT2D eigenvalue weighted by Crippen LogP contribution is 2.17. The molecule has 4 nitrogen and oxygen atoms in total. The van der Waals surface area contributed by atoms with Gasteiger partial charge < -0.3 is 10.2 Å². The number of hydrogen-bond donors (Lipinski definition) is 2. The summed E-state index contributed by atoms with van der Waals surface area (Å²) in [5.41, 5.74) is 0.823. The standard InChI is InChI=1S/C12H17NO3/c14-10-4-6-13(7-5-10)8-9-2-1-3-11(15)12(9)16/h1-3,11-12,15-16H,4-8H2/t11-,12+/m0/s1. The Hall–Kier alpha value is -0.970. The third kappa shape index (κ3) is 2.58. The van der Waals surface area contributed by atoms with Gasteiger partial charge in [0.25, 0.3) is 0 Å². The highest BCUT2D eigenvalue weighted by atomic mass is 16.3. The van der Waals surface area contributed by atoms with E-state index in [1.807, 2.05) is 6.08 Å². The second kappa shape index (κ2) is 4.91. The third-order valence-electron chi connectivity index (χ3n) is 3.14. The van der Waals surface area contributed by atoms with Crippen LogP contribution in [-0.4, -0.2) is 52.7 Å². The molecule has 0 amide bonds. The number of hydrogen-bond acceptors (Lipinski definition) is 4. The quantitative estimate of drug-likeness (QED) is 0.684. The van der Waals surface area contributed by atoms with Crippen LogP contribution in [0.15, 0.2) is 23.8 Å². The highest BCUT2D eigenvalue weighted by molar-refractivity contribution is 5.79. The van der Waals surface area contributed by atoms with Gasteiger partial charge in [-0.15, -0.1) is 0 Å². The predicted molar refractivity (Wildman–Crippen MR) is 59.9 cm³/mol. The largest absolute Gasteiger partial charge is 0.386 e. The molecule has 1 heterocycles. The van der Waals surface area contributed by atoms with Gasteiger partial charge >= 0.3 is 0 Å². The lowest BCUT2D eigenvalue weighted by Gasteiger charge is -2.30. The fourth-order valence-corrected chi connectivity index (χ4v) is 2.08. The maximum absolute atomic E-state index is 11.1. The average Bonchev–Trinajstić information content (AvgIpc) is 2.28. The summed E-state index contributed by atoms with van der Waals surface area (Å²) < 4.78 is 0. The lowest BCUT2D eigenvalue weighted by molar-refractivity contribution is -0.121. The first-order valence-corrected chi connectivity index (χ1v) is 5.64. The molecule has 0 radical (unpaired) electrons. The van der Waals surface area contributed by atoms with Gasteiger partial charge in [-0.2, -0.15) is 0 Å². The molecule has 1 fully saturated rings. The molecular formula is C12H17NO3. The zero-order chi connectivity index (χ0) is 11.5. The number of Topliss-reactive ketones (excluding diaryl/α,β-unsaturated/α-hetero) is 1. The van der Waals surface area contributed by atoms with Gasteiger partial charge in [0.15, 0.2) is 0 Å². The lowest BCUT2D eigenvalue weighted by atomic mass is 9.98. The summed E-state index contributed by atoms with van der Waals surface area (Å²) in [7, 11) is 0. The molecule has 0 aromatic heterocycles. The first kappa shape index (κ1) is 11.5. The number of carbonyl (C=O) groups is 1. The van der Waals surface area contributed by atoms with Crippen molar-refractivity contribution in [3.63, 3.8) is 0 Å². The Labute approximate surface area is 94.9 Å². The van der Waals surface area contributed by atoms with Crippen LogP contribution in [0.4, 0.5) is 0 Å². The maximum Gasteiger partial charge on any atom is 0.135 e. The average molecular weight is 223 g/mol. The van der Waals surface area contributed by atoms with Gasteiger partial charge in [0.2, 0.25) is 0 Å². The molecule has 0 aromatic carbocycles. The smallest absolute Gasteiger partial charge is 0.135 e. The number of allylic oxidation sites excluding steroid dienone is 2. The van der Waals surface area contributed by atoms with Crippen molar-refractivity contribution in [3.8, 4) is 0 Å². The van der Waals surface area contributed by atoms with Crippen LogP contribution >= 0.6 is 0 Å². The second-order valence-corrected chi connectivity index (χ2v) is 4.38. The van der Waals surface area contributed by atoms with Crippen molar-refractivity contribution in [1.82, 2.24) is 4.90 Å². The molecule has 2 atom stereocenters. The summed E-state index contributed by atoms with van der Waals surface area (Å²) in [6.45, 7) is 2.14. The number of nitrogens with zero attached hydrogens (tertiary/aromatic N) is 1. The van der Waals surface area contributed by atoms with Crippen molar-refractivity contribution in [2.45, 2.75) is 25.0 Å². The van der Waals surface area contributed by atoms with Crippen molar-refractivity contribution in [2.24, 2.45) is 0 Å². The van der Waals surface area contributed by atoms with Crippen LogP contribution in [0.3, 0.4) is 0 Å². The summed E-state index contributed by atoms with van der Waals surface area (Å²) >= 11 is 0. The van der Waals surface area contributed by atoms with Crippen molar-refractivity contribution in [3.05, 3.63) is 23.8 Å². The first-order chi connectivity index (χ1) is 7.66. The Morgan fingerprint density at radius 3 is 2.69 bits per heavy atom. The van der Waals surface area contributed by atoms with E-state index in [2.05, 4.69) is 4.90 Å². The number of piperidine rings is 1. The molecule has 4 heteroatoms. The Morgan fingerprint density at radius 1 is 1.31 bits per heavy atom. The summed E-state index contributed by atoms with van der Waals surface area (Å²) in [4.78, 5) is 13.2. The van der Waals surface area contributed by atoms with Crippen LogP contribution < -0.4 is 0 Å². The third-order valence-corrected chi connectivity index (χ3v) is 3.14. The van der Waals surface area contributed by atoms with E-state index in [4.69, 9.17) is 0 Å². The Balaban J connectivity index is 1.92. The number of likely N-dealkylation sites (tertiary alicyclic amines) is 1. The van der Waals surface area contributed by atoms with Gasteiger partial charge in [0.05, 0.1) is 0 Å². The van der Waals surface area contributed by atoms with Crippen molar-refractivity contribution in [1.29, 1.82) is 0 Å². The minimum absolute atomic E-state index is 0.314. The lowest BCUT2D eigenvalue weighted by Crippen LogP contribution is -2.39. The summed E-state index contributed by atoms with van der Waals surface area (Å²) in [6, 6.07) is 0. The summed E-state index contributed by atoms with van der Waals surface area (Å²) in [6.07, 6.45) is 4.78. The number of rotatable bonds is 2. The van der Waals surface area contributed by atoms with E-state index < -0.39 is 12.2 Å². The zero-order valence-corrected chi connectivity index (χ0v) is 9.17. The minimum Gasteiger partial charge on any atom is -0.386 e. The number of carbonyl (C=O) groups excluding carboxylic acids is 1. The molecular weight excluding hydrogens is 206 g/mol. The Bertz CT molecular complexity index is 325. The van der Waals surface area contributed by atoms with Gasteiger partial charge in [-0.25, -0.2) is 0 Å². The summed E-state index contributed by atoms with van der Waals surface area (Å²) in [5, 5.41) is 19.2. The van der Waals surface area contributed by atoms with Crippen molar-refractivity contribution >= 4 is 5.78 Å². The van der Waals surface area contributed by atoms with Crippen LogP contribution in [0.1, 0.15) is 12.8 Å². The monoisotopic (exact) mass is 223 g/mol. The van der Waals surface area contributed by atoms with Crippen LogP contribution in [0.5, 0.6) is 0 Å². The number of aliphatic hydroxyl groups is 2. The molecule has 1 saturated heterocycles. The SMILES string of the molecule is O=C1CCN(CC2=CC=C[C@H](O)[C@@H]2O)CC1. The Kier molecular flexibility index (Phi) is 3.53. The molecule has 88 valence electrons. The van der Waals surface area contributed by atoms with Crippen molar-refractivity contribution < 1.29 is 15.0 Å². The van der Waals surface area contributed by atoms with E-state index in [0.29, 0.717) is 25.2 Å². The van der Waals surface area contributed by atoms with Crippen LogP contribution in [0, 0.1) is 0 Å². The molecule has 2 N–H and O–H groups in total. The molecule has 0 aromatic rings. The molecule has 1 aliphatic heterocycles. The van der Waals surface area contributed by atoms with Gasteiger partial charge in [0, 0.05) is 32.5 Å². The molecule has 0 spiro atoms. The normalized spacial score (nSPS) is 31.6. The van der Waals surface area contributed by atoms with Gasteiger partial charge in [-0.1, -0.05) is 18.2 Å². The van der Waals surface area contributed by atoms with Crippen molar-refractivity contribution in [2.75, 3.05) is 19.6 Å². The maximum atomic E-state index is 11.1. The van der Waals surface area contributed by atoms with E-state index in [1.165, 1.54) is 0 Å². The van der Waals surface area contributed by atoms with Crippen LogP contribution in [0.25, 0.3) is 0 Å². The molecule has 2 rings (SSSR count). The minimum atomic E-state index is -0.803. The van der Waals surface area contributed by atoms with E-state index in [0.717, 1.165) is 18.7 Å². The van der Waals surface area contributed by atoms with Crippen LogP contribution in [-0.2, 0) is 4.79 Å². The molecule has 0 unspecified atom stereocenters. The summed E-state index contributed by atoms with van der Waals surface area (Å²) in [5.74, 6) is 0.314. The fraction of sp³-hybridized carbons (Fsp3) is 0.583. The topological polar surface area (TPSA) is 60.8 Å². The fourth-order valence-electron chi connectivity index (χ4n) is 2.08. The Morgan fingerprint density at radius 2 is 2.00 bits per heavy atom. The number of ketones is 1. The van der Waals surface area contributed by atoms with Crippen LogP contribution in [0.2, 0.25) is 0 Å². The van der Waals surface area contributed by atoms with Gasteiger partial charge in [-0.3, -0.25) is 9.69 Å². The van der Waals surface area contributed by atoms with Gasteiger partial charge in [-0.05, 0) is 5.57 Å². The predicted octanol–water partition coefficient (Wildman–Crippen LogP) is -0.131. The zero-order valence-electron chi connectivity index (χ0n) is 9.17. The van der Waals surface area contributed by atoms with Gasteiger partial charge in [0.1, 0.15) is 18.0 Å². The second-order valence-electron chi connectivity index (χ2n) is 4.38. The molecule has 0 saturated carbocycles. The molecule has 1 aliphatic carbocycles. The highest BCUT2D eigenvalue weighted by Gasteiger charge is 2.24. The van der Waals surface area contributed by atoms with E-state index in [1.54, 1.807) is 12.2 Å². The first-order valence-electron chi connectivity index (χ1n) is 5.64. The van der Waals surface area contributed by atoms with E-state index in [9.17, 15) is 15.0 Å². The van der Waals surface area contributed by atoms with E-state index >= 15 is 0 Å². The van der Waals surface area contributed by atoms with E-state index in [-0.39, 0.29) is 0 Å². The molecule has 16 heavy (non-hydrogen) atoms. The molecule has 0 bridgehead atoms.